The van der Waals surface area contributed by atoms with Gasteiger partial charge in [-0.15, -0.1) is 0 Å². The van der Waals surface area contributed by atoms with E-state index in [1.807, 2.05) is 29.2 Å². The maximum Gasteiger partial charge on any atom is 0.253 e. The molecular weight excluding hydrogens is 330 g/mol. The summed E-state index contributed by atoms with van der Waals surface area (Å²) in [6.07, 6.45) is 1.04. The van der Waals surface area contributed by atoms with E-state index >= 15 is 0 Å². The molecule has 6 nitrogen and oxygen atoms in total. The Labute approximate surface area is 156 Å². The molecule has 1 saturated heterocycles. The third kappa shape index (κ3) is 5.46. The van der Waals surface area contributed by atoms with Gasteiger partial charge in [-0.1, -0.05) is 6.92 Å². The van der Waals surface area contributed by atoms with Gasteiger partial charge in [0.1, 0.15) is 12.4 Å². The van der Waals surface area contributed by atoms with E-state index in [4.69, 9.17) is 4.74 Å². The van der Waals surface area contributed by atoms with E-state index < -0.39 is 0 Å². The Morgan fingerprint density at radius 3 is 2.50 bits per heavy atom. The lowest BCUT2D eigenvalue weighted by Gasteiger charge is -2.43. The molecule has 0 saturated carbocycles. The highest BCUT2D eigenvalue weighted by Gasteiger charge is 2.30. The van der Waals surface area contributed by atoms with Crippen LogP contribution in [0.15, 0.2) is 24.3 Å². The predicted octanol–water partition coefficient (Wildman–Crippen LogP) is 2.15. The fourth-order valence-electron chi connectivity index (χ4n) is 3.37. The summed E-state index contributed by atoms with van der Waals surface area (Å²) in [5, 5.41) is 2.68. The largest absolute Gasteiger partial charge is 0.492 e. The number of hydrogen-bond donors (Lipinski definition) is 1. The van der Waals surface area contributed by atoms with Crippen LogP contribution in [0.2, 0.25) is 0 Å². The number of nitrogens with one attached hydrogen (secondary N) is 1. The smallest absolute Gasteiger partial charge is 0.253 e. The van der Waals surface area contributed by atoms with Crippen molar-refractivity contribution in [1.29, 1.82) is 0 Å². The highest BCUT2D eigenvalue weighted by molar-refractivity contribution is 5.94. The first-order chi connectivity index (χ1) is 12.4. The second-order valence-electron chi connectivity index (χ2n) is 7.00. The van der Waals surface area contributed by atoms with Crippen molar-refractivity contribution in [3.05, 3.63) is 29.8 Å². The molecular formula is C20H31N3O3. The van der Waals surface area contributed by atoms with Gasteiger partial charge >= 0.3 is 0 Å². The Hall–Kier alpha value is -2.08. The van der Waals surface area contributed by atoms with Crippen LogP contribution < -0.4 is 10.1 Å². The van der Waals surface area contributed by atoms with Gasteiger partial charge in [0, 0.05) is 44.2 Å². The molecule has 2 rings (SSSR count). The van der Waals surface area contributed by atoms with Crippen LogP contribution in [0, 0.1) is 0 Å². The van der Waals surface area contributed by atoms with Gasteiger partial charge in [0.25, 0.3) is 5.91 Å². The summed E-state index contributed by atoms with van der Waals surface area (Å²) in [4.78, 5) is 28.1. The van der Waals surface area contributed by atoms with E-state index in [0.717, 1.165) is 26.1 Å². The fraction of sp³-hybridized carbons (Fsp3) is 0.600. The quantitative estimate of drug-likeness (QED) is 0.756. The molecule has 0 spiro atoms. The van der Waals surface area contributed by atoms with E-state index in [1.54, 1.807) is 0 Å². The van der Waals surface area contributed by atoms with Crippen LogP contribution in [0.3, 0.4) is 0 Å². The molecule has 1 aliphatic rings. The molecule has 0 unspecified atom stereocenters. The zero-order chi connectivity index (χ0) is 19.1. The molecule has 0 radical (unpaired) electrons. The summed E-state index contributed by atoms with van der Waals surface area (Å²) in [7, 11) is 0. The Morgan fingerprint density at radius 1 is 1.23 bits per heavy atom. The summed E-state index contributed by atoms with van der Waals surface area (Å²) in [5.41, 5.74) is 0.687. The van der Waals surface area contributed by atoms with Gasteiger partial charge in [-0.2, -0.15) is 0 Å². The summed E-state index contributed by atoms with van der Waals surface area (Å²) >= 11 is 0. The van der Waals surface area contributed by atoms with Crippen LogP contribution in [0.1, 0.15) is 44.5 Å². The van der Waals surface area contributed by atoms with Gasteiger partial charge in [-0.05, 0) is 44.5 Å². The fourth-order valence-corrected chi connectivity index (χ4v) is 3.37. The topological polar surface area (TPSA) is 61.9 Å². The number of ether oxygens (including phenoxy) is 1. The Morgan fingerprint density at radius 2 is 1.92 bits per heavy atom. The molecule has 1 aromatic carbocycles. The molecule has 1 atom stereocenters. The van der Waals surface area contributed by atoms with E-state index in [2.05, 4.69) is 31.0 Å². The van der Waals surface area contributed by atoms with Gasteiger partial charge in [0.05, 0.1) is 6.54 Å². The molecule has 6 heteroatoms. The zero-order valence-corrected chi connectivity index (χ0v) is 16.3. The Kier molecular flexibility index (Phi) is 7.45. The van der Waals surface area contributed by atoms with Crippen LogP contribution in [0.25, 0.3) is 0 Å². The molecule has 0 bridgehead atoms. The minimum atomic E-state index is -0.0718. The standard InChI is InChI=1S/C20H31N3O3/c1-5-18-14-22(11-12-23(18)15(2)3)20(25)17-6-8-19(9-7-17)26-13-10-21-16(4)24/h6-9,15,18H,5,10-14H2,1-4H3,(H,21,24)/t18-/m0/s1. The lowest BCUT2D eigenvalue weighted by molar-refractivity contribution is -0.119. The minimum Gasteiger partial charge on any atom is -0.492 e. The van der Waals surface area contributed by atoms with Gasteiger partial charge in [-0.25, -0.2) is 0 Å². The number of benzene rings is 1. The van der Waals surface area contributed by atoms with Crippen molar-refractivity contribution in [1.82, 2.24) is 15.1 Å². The molecule has 0 aromatic heterocycles. The molecule has 1 heterocycles. The van der Waals surface area contributed by atoms with Gasteiger partial charge in [0.2, 0.25) is 5.91 Å². The lowest BCUT2D eigenvalue weighted by Crippen LogP contribution is -2.56. The average molecular weight is 361 g/mol. The average Bonchev–Trinajstić information content (AvgIpc) is 2.64. The van der Waals surface area contributed by atoms with Crippen LogP contribution in [-0.2, 0) is 4.79 Å². The monoisotopic (exact) mass is 361 g/mol. The highest BCUT2D eigenvalue weighted by atomic mass is 16.5. The van der Waals surface area contributed by atoms with Crippen molar-refractivity contribution in [2.45, 2.75) is 46.2 Å². The van der Waals surface area contributed by atoms with Crippen LogP contribution in [0.5, 0.6) is 5.75 Å². The number of piperazine rings is 1. The van der Waals surface area contributed by atoms with E-state index in [0.29, 0.717) is 36.5 Å². The van der Waals surface area contributed by atoms with Crippen molar-refractivity contribution in [3.8, 4) is 5.75 Å². The predicted molar refractivity (Wildman–Crippen MR) is 102 cm³/mol. The van der Waals surface area contributed by atoms with Crippen LogP contribution in [-0.4, -0.2) is 66.5 Å². The minimum absolute atomic E-state index is 0.0718. The first kappa shape index (κ1) is 20.2. The maximum atomic E-state index is 12.8. The number of rotatable bonds is 7. The Balaban J connectivity index is 1.90. The number of amides is 2. The van der Waals surface area contributed by atoms with Gasteiger partial charge < -0.3 is 15.0 Å². The first-order valence-corrected chi connectivity index (χ1v) is 9.44. The number of nitrogens with zero attached hydrogens (tertiary/aromatic N) is 2. The van der Waals surface area contributed by atoms with Gasteiger partial charge in [-0.3, -0.25) is 14.5 Å². The molecule has 26 heavy (non-hydrogen) atoms. The maximum absolute atomic E-state index is 12.8. The van der Waals surface area contributed by atoms with Crippen molar-refractivity contribution in [2.75, 3.05) is 32.8 Å². The summed E-state index contributed by atoms with van der Waals surface area (Å²) in [5.74, 6) is 0.706. The lowest BCUT2D eigenvalue weighted by atomic mass is 10.1. The zero-order valence-electron chi connectivity index (χ0n) is 16.3. The number of carbonyl (C=O) groups is 2. The van der Waals surface area contributed by atoms with Gasteiger partial charge in [0.15, 0.2) is 0 Å². The van der Waals surface area contributed by atoms with Crippen LogP contribution >= 0.6 is 0 Å². The van der Waals surface area contributed by atoms with Crippen molar-refractivity contribution < 1.29 is 14.3 Å². The SMILES string of the molecule is CC[C@H]1CN(C(=O)c2ccc(OCCNC(C)=O)cc2)CCN1C(C)C. The highest BCUT2D eigenvalue weighted by Crippen LogP contribution is 2.19. The summed E-state index contributed by atoms with van der Waals surface area (Å²) < 4.78 is 5.57. The first-order valence-electron chi connectivity index (χ1n) is 9.44. The summed E-state index contributed by atoms with van der Waals surface area (Å²) in [6.45, 7) is 11.4. The molecule has 2 amide bonds. The third-order valence-corrected chi connectivity index (χ3v) is 4.80. The normalized spacial score (nSPS) is 18.0. The summed E-state index contributed by atoms with van der Waals surface area (Å²) in [6, 6.07) is 8.17. The molecule has 1 aliphatic heterocycles. The molecule has 1 N–H and O–H groups in total. The van der Waals surface area contributed by atoms with E-state index in [9.17, 15) is 9.59 Å². The third-order valence-electron chi connectivity index (χ3n) is 4.80. The second kappa shape index (κ2) is 9.57. The molecule has 1 fully saturated rings. The number of hydrogen-bond acceptors (Lipinski definition) is 4. The van der Waals surface area contributed by atoms with Crippen LogP contribution in [0.4, 0.5) is 0 Å². The Bertz CT molecular complexity index is 601. The molecule has 144 valence electrons. The molecule has 0 aliphatic carbocycles. The van der Waals surface area contributed by atoms with E-state index in [-0.39, 0.29) is 11.8 Å². The second-order valence-corrected chi connectivity index (χ2v) is 7.00. The van der Waals surface area contributed by atoms with E-state index in [1.165, 1.54) is 6.92 Å². The number of carbonyl (C=O) groups excluding carboxylic acids is 2. The van der Waals surface area contributed by atoms with Crippen molar-refractivity contribution in [2.24, 2.45) is 0 Å². The molecule has 1 aromatic rings. The van der Waals surface area contributed by atoms with Crippen molar-refractivity contribution >= 4 is 11.8 Å². The van der Waals surface area contributed by atoms with Crippen molar-refractivity contribution in [3.63, 3.8) is 0 Å².